The summed E-state index contributed by atoms with van der Waals surface area (Å²) in [6, 6.07) is 2.56. The van der Waals surface area contributed by atoms with Crippen LogP contribution in [-0.4, -0.2) is 48.7 Å². The maximum absolute atomic E-state index is 11.9. The van der Waals surface area contributed by atoms with Crippen molar-refractivity contribution in [1.29, 1.82) is 0 Å². The van der Waals surface area contributed by atoms with Crippen molar-refractivity contribution >= 4 is 21.9 Å². The Hall–Kier alpha value is -2.00. The van der Waals surface area contributed by atoms with Gasteiger partial charge in [0, 0.05) is 18.3 Å². The standard InChI is InChI=1S/C12H17N3O5S/c1-12(2,15-21(3,19)20)7-14-10(16)8-4-5-9(11(17)18)13-6-8/h4-6,15H,7H2,1-3H3,(H,14,16)(H,17,18). The third kappa shape index (κ3) is 5.88. The van der Waals surface area contributed by atoms with Gasteiger partial charge in [-0.2, -0.15) is 0 Å². The average molecular weight is 315 g/mol. The summed E-state index contributed by atoms with van der Waals surface area (Å²) < 4.78 is 24.7. The van der Waals surface area contributed by atoms with Gasteiger partial charge in [0.25, 0.3) is 5.91 Å². The molecule has 0 aliphatic rings. The van der Waals surface area contributed by atoms with E-state index in [0.29, 0.717) is 0 Å². The zero-order chi connectivity index (χ0) is 16.3. The first-order chi connectivity index (χ1) is 9.50. The summed E-state index contributed by atoms with van der Waals surface area (Å²) in [5.41, 5.74) is -0.821. The summed E-state index contributed by atoms with van der Waals surface area (Å²) in [5, 5.41) is 11.3. The molecule has 1 aromatic heterocycles. The van der Waals surface area contributed by atoms with E-state index in [4.69, 9.17) is 5.11 Å². The second-order valence-electron chi connectivity index (χ2n) is 5.18. The quantitative estimate of drug-likeness (QED) is 0.669. The van der Waals surface area contributed by atoms with Gasteiger partial charge in [0.2, 0.25) is 10.0 Å². The van der Waals surface area contributed by atoms with Crippen LogP contribution in [0.4, 0.5) is 0 Å². The predicted molar refractivity (Wildman–Crippen MR) is 75.6 cm³/mol. The van der Waals surface area contributed by atoms with Crippen molar-refractivity contribution in [2.24, 2.45) is 0 Å². The third-order valence-corrected chi connectivity index (χ3v) is 3.32. The Labute approximate surface area is 122 Å². The van der Waals surface area contributed by atoms with Gasteiger partial charge in [-0.05, 0) is 26.0 Å². The molecule has 0 saturated heterocycles. The molecule has 0 saturated carbocycles. The minimum Gasteiger partial charge on any atom is -0.477 e. The Balaban J connectivity index is 2.67. The maximum atomic E-state index is 11.9. The van der Waals surface area contributed by atoms with E-state index in [1.807, 2.05) is 0 Å². The number of aromatic carboxylic acids is 1. The van der Waals surface area contributed by atoms with Crippen LogP contribution in [0.1, 0.15) is 34.7 Å². The molecule has 1 aromatic rings. The van der Waals surface area contributed by atoms with Crippen molar-refractivity contribution in [3.8, 4) is 0 Å². The van der Waals surface area contributed by atoms with Crippen LogP contribution in [0.3, 0.4) is 0 Å². The summed E-state index contributed by atoms with van der Waals surface area (Å²) >= 11 is 0. The van der Waals surface area contributed by atoms with E-state index >= 15 is 0 Å². The molecule has 9 heteroatoms. The molecular weight excluding hydrogens is 298 g/mol. The number of hydrogen-bond donors (Lipinski definition) is 3. The Bertz CT molecular complexity index is 637. The predicted octanol–water partition coefficient (Wildman–Crippen LogP) is -0.163. The number of pyridine rings is 1. The molecule has 0 unspecified atom stereocenters. The van der Waals surface area contributed by atoms with Gasteiger partial charge in [0.05, 0.1) is 11.8 Å². The summed E-state index contributed by atoms with van der Waals surface area (Å²) in [4.78, 5) is 26.1. The molecule has 1 heterocycles. The molecule has 0 aromatic carbocycles. The highest BCUT2D eigenvalue weighted by molar-refractivity contribution is 7.88. The van der Waals surface area contributed by atoms with Crippen LogP contribution >= 0.6 is 0 Å². The first kappa shape index (κ1) is 17.1. The monoisotopic (exact) mass is 315 g/mol. The van der Waals surface area contributed by atoms with Gasteiger partial charge < -0.3 is 10.4 Å². The lowest BCUT2D eigenvalue weighted by atomic mass is 10.1. The van der Waals surface area contributed by atoms with E-state index in [-0.39, 0.29) is 17.8 Å². The highest BCUT2D eigenvalue weighted by Gasteiger charge is 2.23. The number of nitrogens with zero attached hydrogens (tertiary/aromatic N) is 1. The molecule has 0 fully saturated rings. The van der Waals surface area contributed by atoms with Gasteiger partial charge in [-0.25, -0.2) is 22.9 Å². The minimum absolute atomic E-state index is 0.0690. The van der Waals surface area contributed by atoms with Gasteiger partial charge in [-0.15, -0.1) is 0 Å². The van der Waals surface area contributed by atoms with Gasteiger partial charge in [-0.3, -0.25) is 4.79 Å². The molecule has 0 aliphatic heterocycles. The fraction of sp³-hybridized carbons (Fsp3) is 0.417. The van der Waals surface area contributed by atoms with Crippen LogP contribution in [0.2, 0.25) is 0 Å². The van der Waals surface area contributed by atoms with Crippen molar-refractivity contribution in [3.05, 3.63) is 29.6 Å². The van der Waals surface area contributed by atoms with Crippen LogP contribution in [0.15, 0.2) is 18.3 Å². The van der Waals surface area contributed by atoms with E-state index < -0.39 is 27.4 Å². The molecule has 8 nitrogen and oxygen atoms in total. The van der Waals surface area contributed by atoms with E-state index in [2.05, 4.69) is 15.0 Å². The SMILES string of the molecule is CC(C)(CNC(=O)c1ccc(C(=O)O)nc1)NS(C)(=O)=O. The molecule has 1 rings (SSSR count). The zero-order valence-electron chi connectivity index (χ0n) is 11.9. The van der Waals surface area contributed by atoms with Crippen LogP contribution in [0, 0.1) is 0 Å². The normalized spacial score (nSPS) is 12.0. The highest BCUT2D eigenvalue weighted by atomic mass is 32.2. The Morgan fingerprint density at radius 2 is 1.95 bits per heavy atom. The number of hydrogen-bond acceptors (Lipinski definition) is 5. The lowest BCUT2D eigenvalue weighted by molar-refractivity contribution is 0.0689. The van der Waals surface area contributed by atoms with Gasteiger partial charge in [0.1, 0.15) is 5.69 Å². The smallest absolute Gasteiger partial charge is 0.354 e. The Morgan fingerprint density at radius 3 is 2.38 bits per heavy atom. The van der Waals surface area contributed by atoms with E-state index in [1.165, 1.54) is 12.1 Å². The number of amides is 1. The molecule has 21 heavy (non-hydrogen) atoms. The van der Waals surface area contributed by atoms with E-state index in [9.17, 15) is 18.0 Å². The number of carbonyl (C=O) groups excluding carboxylic acids is 1. The molecule has 0 atom stereocenters. The highest BCUT2D eigenvalue weighted by Crippen LogP contribution is 2.04. The van der Waals surface area contributed by atoms with E-state index in [1.54, 1.807) is 13.8 Å². The number of sulfonamides is 1. The largest absolute Gasteiger partial charge is 0.477 e. The van der Waals surface area contributed by atoms with Crippen molar-refractivity contribution in [2.45, 2.75) is 19.4 Å². The first-order valence-electron chi connectivity index (χ1n) is 5.97. The number of carboxylic acids is 1. The molecule has 0 spiro atoms. The second-order valence-corrected chi connectivity index (χ2v) is 6.93. The maximum Gasteiger partial charge on any atom is 0.354 e. The summed E-state index contributed by atoms with van der Waals surface area (Å²) in [6.45, 7) is 3.32. The number of nitrogens with one attached hydrogen (secondary N) is 2. The Morgan fingerprint density at radius 1 is 1.33 bits per heavy atom. The topological polar surface area (TPSA) is 125 Å². The number of carboxylic acid groups (broad SMARTS) is 1. The van der Waals surface area contributed by atoms with Crippen LogP contribution < -0.4 is 10.0 Å². The van der Waals surface area contributed by atoms with Crippen molar-refractivity contribution in [1.82, 2.24) is 15.0 Å². The molecule has 0 aliphatic carbocycles. The summed E-state index contributed by atoms with van der Waals surface area (Å²) in [6.07, 6.45) is 2.18. The number of aromatic nitrogens is 1. The van der Waals surface area contributed by atoms with Crippen molar-refractivity contribution in [2.75, 3.05) is 12.8 Å². The third-order valence-electron chi connectivity index (χ3n) is 2.40. The first-order valence-corrected chi connectivity index (χ1v) is 7.86. The van der Waals surface area contributed by atoms with Crippen molar-refractivity contribution in [3.63, 3.8) is 0 Å². The average Bonchev–Trinajstić information content (AvgIpc) is 2.33. The fourth-order valence-corrected chi connectivity index (χ4v) is 2.67. The molecule has 0 radical (unpaired) electrons. The number of rotatable bonds is 6. The molecule has 1 amide bonds. The molecule has 3 N–H and O–H groups in total. The van der Waals surface area contributed by atoms with E-state index in [0.717, 1.165) is 12.5 Å². The lowest BCUT2D eigenvalue weighted by Crippen LogP contribution is -2.51. The van der Waals surface area contributed by atoms with Crippen LogP contribution in [0.25, 0.3) is 0 Å². The minimum atomic E-state index is -3.39. The summed E-state index contributed by atoms with van der Waals surface area (Å²) in [5.74, 6) is -1.65. The summed E-state index contributed by atoms with van der Waals surface area (Å²) in [7, 11) is -3.39. The zero-order valence-corrected chi connectivity index (χ0v) is 12.7. The fourth-order valence-electron chi connectivity index (χ4n) is 1.60. The molecule has 0 bridgehead atoms. The Kier molecular flexibility index (Phi) is 5.02. The second kappa shape index (κ2) is 6.19. The molecular formula is C12H17N3O5S. The van der Waals surface area contributed by atoms with Crippen LogP contribution in [-0.2, 0) is 10.0 Å². The number of carbonyl (C=O) groups is 2. The molecule has 116 valence electrons. The van der Waals surface area contributed by atoms with Gasteiger partial charge in [0.15, 0.2) is 0 Å². The van der Waals surface area contributed by atoms with Crippen molar-refractivity contribution < 1.29 is 23.1 Å². The van der Waals surface area contributed by atoms with Gasteiger partial charge >= 0.3 is 5.97 Å². The van der Waals surface area contributed by atoms with Gasteiger partial charge in [-0.1, -0.05) is 0 Å². The van der Waals surface area contributed by atoms with Crippen LogP contribution in [0.5, 0.6) is 0 Å². The lowest BCUT2D eigenvalue weighted by Gasteiger charge is -2.25.